The lowest BCUT2D eigenvalue weighted by atomic mass is 10.1. The van der Waals surface area contributed by atoms with Crippen LogP contribution in [0.1, 0.15) is 33.1 Å². The van der Waals surface area contributed by atoms with Crippen molar-refractivity contribution in [2.75, 3.05) is 19.8 Å². The number of hydrogen-bond donors (Lipinski definition) is 1. The molecule has 0 spiro atoms. The molecule has 0 aromatic heterocycles. The fraction of sp³-hybridized carbons (Fsp3) is 0.909. The predicted octanol–water partition coefficient (Wildman–Crippen LogP) is 1.10. The van der Waals surface area contributed by atoms with Crippen molar-refractivity contribution in [1.82, 2.24) is 5.32 Å². The van der Waals surface area contributed by atoms with E-state index in [2.05, 4.69) is 5.32 Å². The number of ether oxygens (including phenoxy) is 2. The van der Waals surface area contributed by atoms with Gasteiger partial charge in [0.25, 0.3) is 0 Å². The number of carbonyl (C=O) groups is 1. The molecule has 0 aromatic carbocycles. The quantitative estimate of drug-likeness (QED) is 0.698. The van der Waals surface area contributed by atoms with Gasteiger partial charge in [-0.05, 0) is 33.1 Å². The van der Waals surface area contributed by atoms with Gasteiger partial charge in [0, 0.05) is 13.2 Å². The molecule has 0 bridgehead atoms. The van der Waals surface area contributed by atoms with Gasteiger partial charge in [-0.3, -0.25) is 4.79 Å². The van der Waals surface area contributed by atoms with E-state index < -0.39 is 0 Å². The Bertz CT molecular complexity index is 190. The fourth-order valence-electron chi connectivity index (χ4n) is 1.63. The van der Waals surface area contributed by atoms with E-state index >= 15 is 0 Å². The van der Waals surface area contributed by atoms with Gasteiger partial charge in [-0.2, -0.15) is 0 Å². The maximum absolute atomic E-state index is 11.3. The van der Waals surface area contributed by atoms with E-state index in [0.717, 1.165) is 26.0 Å². The topological polar surface area (TPSA) is 47.6 Å². The highest BCUT2D eigenvalue weighted by atomic mass is 16.5. The Labute approximate surface area is 91.3 Å². The SMILES string of the molecule is CCOC(=O)C(C)NCC1CCCCO1. The first-order valence-corrected chi connectivity index (χ1v) is 5.75. The lowest BCUT2D eigenvalue weighted by Crippen LogP contribution is -2.41. The third-order valence-electron chi connectivity index (χ3n) is 2.57. The van der Waals surface area contributed by atoms with Crippen LogP contribution in [0.4, 0.5) is 0 Å². The van der Waals surface area contributed by atoms with E-state index in [9.17, 15) is 4.79 Å². The zero-order chi connectivity index (χ0) is 11.1. The Morgan fingerprint density at radius 1 is 1.60 bits per heavy atom. The van der Waals surface area contributed by atoms with Crippen LogP contribution >= 0.6 is 0 Å². The number of hydrogen-bond acceptors (Lipinski definition) is 4. The maximum atomic E-state index is 11.3. The predicted molar refractivity (Wildman–Crippen MR) is 57.7 cm³/mol. The summed E-state index contributed by atoms with van der Waals surface area (Å²) in [5, 5.41) is 3.14. The lowest BCUT2D eigenvalue weighted by molar-refractivity contribution is -0.145. The van der Waals surface area contributed by atoms with E-state index in [-0.39, 0.29) is 18.1 Å². The summed E-state index contributed by atoms with van der Waals surface area (Å²) in [6.45, 7) is 5.65. The Balaban J connectivity index is 2.14. The molecule has 1 heterocycles. The van der Waals surface area contributed by atoms with Gasteiger partial charge in [0.15, 0.2) is 0 Å². The van der Waals surface area contributed by atoms with E-state index in [4.69, 9.17) is 9.47 Å². The highest BCUT2D eigenvalue weighted by Gasteiger charge is 2.17. The molecule has 2 atom stereocenters. The van der Waals surface area contributed by atoms with Gasteiger partial charge in [0.2, 0.25) is 0 Å². The van der Waals surface area contributed by atoms with Gasteiger partial charge in [-0.15, -0.1) is 0 Å². The number of carbonyl (C=O) groups excluding carboxylic acids is 1. The van der Waals surface area contributed by atoms with Crippen molar-refractivity contribution in [2.24, 2.45) is 0 Å². The van der Waals surface area contributed by atoms with Crippen LogP contribution in [0.25, 0.3) is 0 Å². The highest BCUT2D eigenvalue weighted by molar-refractivity contribution is 5.75. The monoisotopic (exact) mass is 215 g/mol. The molecule has 0 saturated carbocycles. The molecule has 1 aliphatic heterocycles. The van der Waals surface area contributed by atoms with Crippen LogP contribution in [0.2, 0.25) is 0 Å². The largest absolute Gasteiger partial charge is 0.465 e. The zero-order valence-corrected chi connectivity index (χ0v) is 9.62. The Hall–Kier alpha value is -0.610. The summed E-state index contributed by atoms with van der Waals surface area (Å²) in [5.41, 5.74) is 0. The molecule has 2 unspecified atom stereocenters. The molecule has 4 nitrogen and oxygen atoms in total. The van der Waals surface area contributed by atoms with Crippen molar-refractivity contribution < 1.29 is 14.3 Å². The Morgan fingerprint density at radius 3 is 3.00 bits per heavy atom. The summed E-state index contributed by atoms with van der Waals surface area (Å²) in [7, 11) is 0. The first kappa shape index (κ1) is 12.5. The van der Waals surface area contributed by atoms with Crippen LogP contribution in [0.3, 0.4) is 0 Å². The van der Waals surface area contributed by atoms with Gasteiger partial charge in [-0.1, -0.05) is 0 Å². The molecule has 1 rings (SSSR count). The fourth-order valence-corrected chi connectivity index (χ4v) is 1.63. The molecule has 0 radical (unpaired) electrons. The normalized spacial score (nSPS) is 23.5. The molecule has 88 valence electrons. The van der Waals surface area contributed by atoms with Gasteiger partial charge in [0.05, 0.1) is 12.7 Å². The molecule has 0 aromatic rings. The van der Waals surface area contributed by atoms with Crippen LogP contribution in [0.5, 0.6) is 0 Å². The van der Waals surface area contributed by atoms with Crippen LogP contribution in [-0.4, -0.2) is 37.9 Å². The third kappa shape index (κ3) is 4.62. The van der Waals surface area contributed by atoms with Crippen molar-refractivity contribution in [2.45, 2.75) is 45.3 Å². The molecular weight excluding hydrogens is 194 g/mol. The smallest absolute Gasteiger partial charge is 0.322 e. The van der Waals surface area contributed by atoms with Crippen LogP contribution in [0, 0.1) is 0 Å². The summed E-state index contributed by atoms with van der Waals surface area (Å²) in [6, 6.07) is -0.240. The molecular formula is C11H21NO3. The molecule has 4 heteroatoms. The summed E-state index contributed by atoms with van der Waals surface area (Å²) in [5.74, 6) is -0.187. The van der Waals surface area contributed by atoms with E-state index in [0.29, 0.717) is 6.61 Å². The standard InChI is InChI=1S/C11H21NO3/c1-3-14-11(13)9(2)12-8-10-6-4-5-7-15-10/h9-10,12H,3-8H2,1-2H3. The van der Waals surface area contributed by atoms with Gasteiger partial charge < -0.3 is 14.8 Å². The second kappa shape index (κ2) is 6.80. The zero-order valence-electron chi connectivity index (χ0n) is 9.62. The number of nitrogens with one attached hydrogen (secondary N) is 1. The van der Waals surface area contributed by atoms with E-state index in [1.54, 1.807) is 0 Å². The molecule has 1 aliphatic rings. The van der Waals surface area contributed by atoms with Gasteiger partial charge in [0.1, 0.15) is 6.04 Å². The van der Waals surface area contributed by atoms with Gasteiger partial charge in [-0.25, -0.2) is 0 Å². The van der Waals surface area contributed by atoms with Crippen molar-refractivity contribution in [3.05, 3.63) is 0 Å². The summed E-state index contributed by atoms with van der Waals surface area (Å²) in [6.07, 6.45) is 3.72. The van der Waals surface area contributed by atoms with Crippen LogP contribution < -0.4 is 5.32 Å². The Morgan fingerprint density at radius 2 is 2.40 bits per heavy atom. The maximum Gasteiger partial charge on any atom is 0.322 e. The van der Waals surface area contributed by atoms with Crippen molar-refractivity contribution in [1.29, 1.82) is 0 Å². The van der Waals surface area contributed by atoms with Crippen molar-refractivity contribution >= 4 is 5.97 Å². The molecule has 1 N–H and O–H groups in total. The van der Waals surface area contributed by atoms with E-state index in [1.807, 2.05) is 13.8 Å². The molecule has 1 fully saturated rings. The first-order chi connectivity index (χ1) is 7.24. The second-order valence-corrected chi connectivity index (χ2v) is 3.87. The Kier molecular flexibility index (Phi) is 5.65. The second-order valence-electron chi connectivity index (χ2n) is 3.87. The molecule has 0 amide bonds. The van der Waals surface area contributed by atoms with E-state index in [1.165, 1.54) is 6.42 Å². The molecule has 0 aliphatic carbocycles. The summed E-state index contributed by atoms with van der Waals surface area (Å²) < 4.78 is 10.5. The van der Waals surface area contributed by atoms with Crippen LogP contribution in [0.15, 0.2) is 0 Å². The molecule has 15 heavy (non-hydrogen) atoms. The minimum absolute atomic E-state index is 0.187. The molecule has 1 saturated heterocycles. The summed E-state index contributed by atoms with van der Waals surface area (Å²) >= 11 is 0. The van der Waals surface area contributed by atoms with Crippen LogP contribution in [-0.2, 0) is 14.3 Å². The van der Waals surface area contributed by atoms with Crippen molar-refractivity contribution in [3.8, 4) is 0 Å². The minimum atomic E-state index is -0.240. The van der Waals surface area contributed by atoms with Gasteiger partial charge >= 0.3 is 5.97 Å². The lowest BCUT2D eigenvalue weighted by Gasteiger charge is -2.24. The highest BCUT2D eigenvalue weighted by Crippen LogP contribution is 2.11. The van der Waals surface area contributed by atoms with Crippen molar-refractivity contribution in [3.63, 3.8) is 0 Å². The minimum Gasteiger partial charge on any atom is -0.465 e. The average Bonchev–Trinajstić information content (AvgIpc) is 2.27. The number of rotatable bonds is 5. The average molecular weight is 215 g/mol. The third-order valence-corrected chi connectivity index (χ3v) is 2.57. The first-order valence-electron chi connectivity index (χ1n) is 5.75. The summed E-state index contributed by atoms with van der Waals surface area (Å²) in [4.78, 5) is 11.3. The number of esters is 1.